The van der Waals surface area contributed by atoms with Crippen LogP contribution in [0.15, 0.2) is 11.2 Å². The quantitative estimate of drug-likeness (QED) is 0.518. The maximum absolute atomic E-state index is 5.89. The van der Waals surface area contributed by atoms with Gasteiger partial charge in [-0.1, -0.05) is 23.4 Å². The van der Waals surface area contributed by atoms with Crippen LogP contribution in [0.25, 0.3) is 0 Å². The molecule has 0 amide bonds. The van der Waals surface area contributed by atoms with Gasteiger partial charge >= 0.3 is 0 Å². The van der Waals surface area contributed by atoms with Crippen LogP contribution < -0.4 is 10.1 Å². The Labute approximate surface area is 111 Å². The van der Waals surface area contributed by atoms with Gasteiger partial charge in [0.15, 0.2) is 5.16 Å². The summed E-state index contributed by atoms with van der Waals surface area (Å²) in [5, 5.41) is 4.44. The number of halogens is 1. The van der Waals surface area contributed by atoms with E-state index in [-0.39, 0.29) is 0 Å². The Morgan fingerprint density at radius 3 is 3.18 bits per heavy atom. The summed E-state index contributed by atoms with van der Waals surface area (Å²) in [4.78, 5) is 8.33. The number of hydrogen-bond donors (Lipinski definition) is 1. The fraction of sp³-hybridized carbons (Fsp3) is 0.636. The summed E-state index contributed by atoms with van der Waals surface area (Å²) < 4.78 is 5.68. The zero-order chi connectivity index (χ0) is 12.1. The normalized spacial score (nSPS) is 20.2. The molecule has 1 aromatic rings. The molecule has 0 unspecified atom stereocenters. The van der Waals surface area contributed by atoms with Gasteiger partial charge < -0.3 is 10.1 Å². The van der Waals surface area contributed by atoms with Gasteiger partial charge in [0.05, 0.1) is 6.61 Å². The zero-order valence-electron chi connectivity index (χ0n) is 9.78. The lowest BCUT2D eigenvalue weighted by Gasteiger charge is -2.22. The van der Waals surface area contributed by atoms with Crippen LogP contribution in [0.4, 0.5) is 0 Å². The molecule has 0 spiro atoms. The molecule has 1 atom stereocenters. The van der Waals surface area contributed by atoms with Gasteiger partial charge in [-0.3, -0.25) is 0 Å². The summed E-state index contributed by atoms with van der Waals surface area (Å²) >= 11 is 7.35. The van der Waals surface area contributed by atoms with Crippen molar-refractivity contribution < 1.29 is 4.74 Å². The van der Waals surface area contributed by atoms with Crippen LogP contribution in [0, 0.1) is 5.92 Å². The average molecular weight is 274 g/mol. The van der Waals surface area contributed by atoms with Gasteiger partial charge in [0.2, 0.25) is 5.88 Å². The first-order valence-electron chi connectivity index (χ1n) is 5.70. The zero-order valence-corrected chi connectivity index (χ0v) is 11.4. The van der Waals surface area contributed by atoms with Gasteiger partial charge in [-0.15, -0.1) is 0 Å². The number of thioether (sulfide) groups is 1. The molecule has 1 saturated heterocycles. The molecule has 2 heterocycles. The predicted molar refractivity (Wildman–Crippen MR) is 69.9 cm³/mol. The molecular formula is C11H16ClN3OS. The van der Waals surface area contributed by atoms with Crippen molar-refractivity contribution >= 4 is 23.4 Å². The Bertz CT molecular complexity index is 372. The topological polar surface area (TPSA) is 47.0 Å². The van der Waals surface area contributed by atoms with Crippen molar-refractivity contribution in [3.63, 3.8) is 0 Å². The molecule has 1 aromatic heterocycles. The van der Waals surface area contributed by atoms with Crippen molar-refractivity contribution in [1.82, 2.24) is 15.3 Å². The monoisotopic (exact) mass is 273 g/mol. The van der Waals surface area contributed by atoms with Crippen LogP contribution in [0.5, 0.6) is 5.88 Å². The molecule has 4 nitrogen and oxygen atoms in total. The molecule has 1 aliphatic rings. The van der Waals surface area contributed by atoms with Gasteiger partial charge in [-0.2, -0.15) is 4.98 Å². The third kappa shape index (κ3) is 4.01. The lowest BCUT2D eigenvalue weighted by molar-refractivity contribution is 0.210. The minimum atomic E-state index is 0.432. The number of nitrogens with one attached hydrogen (secondary N) is 1. The molecule has 94 valence electrons. The Morgan fingerprint density at radius 1 is 1.59 bits per heavy atom. The molecule has 1 N–H and O–H groups in total. The Balaban J connectivity index is 1.91. The molecule has 0 radical (unpaired) electrons. The van der Waals surface area contributed by atoms with Crippen molar-refractivity contribution in [3.05, 3.63) is 11.2 Å². The van der Waals surface area contributed by atoms with Crippen molar-refractivity contribution in [3.8, 4) is 5.88 Å². The Morgan fingerprint density at radius 2 is 2.47 bits per heavy atom. The van der Waals surface area contributed by atoms with Crippen LogP contribution >= 0.6 is 23.4 Å². The second-order valence-electron chi connectivity index (χ2n) is 4.04. The number of hydrogen-bond acceptors (Lipinski definition) is 5. The molecule has 0 aliphatic carbocycles. The highest BCUT2D eigenvalue weighted by molar-refractivity contribution is 7.98. The fourth-order valence-electron chi connectivity index (χ4n) is 1.81. The molecule has 1 fully saturated rings. The standard InChI is InChI=1S/C11H16ClN3OS/c1-17-11-14-9(12)5-10(15-11)16-7-8-3-2-4-13-6-8/h5,8,13H,2-4,6-7H2,1H3/t8-/m1/s1. The molecular weight excluding hydrogens is 258 g/mol. The second kappa shape index (κ2) is 6.42. The van der Waals surface area contributed by atoms with Gasteiger partial charge in [-0.25, -0.2) is 4.98 Å². The Hall–Kier alpha value is -0.520. The molecule has 2 rings (SSSR count). The summed E-state index contributed by atoms with van der Waals surface area (Å²) in [7, 11) is 0. The SMILES string of the molecule is CSc1nc(Cl)cc(OC[C@@H]2CCCNC2)n1. The molecule has 0 bridgehead atoms. The number of rotatable bonds is 4. The van der Waals surface area contributed by atoms with E-state index in [0.717, 1.165) is 13.1 Å². The highest BCUT2D eigenvalue weighted by Gasteiger charge is 2.14. The van der Waals surface area contributed by atoms with Gasteiger partial charge in [0.25, 0.3) is 0 Å². The van der Waals surface area contributed by atoms with E-state index in [1.54, 1.807) is 6.07 Å². The maximum atomic E-state index is 5.89. The van der Waals surface area contributed by atoms with Gasteiger partial charge in [-0.05, 0) is 25.6 Å². The molecule has 6 heteroatoms. The van der Waals surface area contributed by atoms with Crippen molar-refractivity contribution in [2.24, 2.45) is 5.92 Å². The molecule has 0 saturated carbocycles. The number of piperidine rings is 1. The van der Waals surface area contributed by atoms with Crippen LogP contribution in [0.2, 0.25) is 5.15 Å². The lowest BCUT2D eigenvalue weighted by Crippen LogP contribution is -2.33. The van der Waals surface area contributed by atoms with Crippen molar-refractivity contribution in [2.75, 3.05) is 26.0 Å². The largest absolute Gasteiger partial charge is 0.477 e. The second-order valence-corrected chi connectivity index (χ2v) is 5.20. The Kier molecular flexibility index (Phi) is 4.88. The van der Waals surface area contributed by atoms with E-state index in [1.807, 2.05) is 6.26 Å². The van der Waals surface area contributed by atoms with Crippen molar-refractivity contribution in [1.29, 1.82) is 0 Å². The summed E-state index contributed by atoms with van der Waals surface area (Å²) in [6, 6.07) is 1.66. The third-order valence-electron chi connectivity index (χ3n) is 2.70. The summed E-state index contributed by atoms with van der Waals surface area (Å²) in [6.45, 7) is 2.83. The first-order valence-corrected chi connectivity index (χ1v) is 7.30. The summed E-state index contributed by atoms with van der Waals surface area (Å²) in [5.74, 6) is 1.13. The van der Waals surface area contributed by atoms with Crippen LogP contribution in [0.3, 0.4) is 0 Å². The van der Waals surface area contributed by atoms with E-state index in [2.05, 4.69) is 15.3 Å². The van der Waals surface area contributed by atoms with E-state index >= 15 is 0 Å². The number of aromatic nitrogens is 2. The van der Waals surface area contributed by atoms with E-state index in [9.17, 15) is 0 Å². The van der Waals surface area contributed by atoms with E-state index in [4.69, 9.17) is 16.3 Å². The van der Waals surface area contributed by atoms with Crippen LogP contribution in [-0.2, 0) is 0 Å². The fourth-order valence-corrected chi connectivity index (χ4v) is 2.41. The van der Waals surface area contributed by atoms with Crippen LogP contribution in [-0.4, -0.2) is 35.9 Å². The number of ether oxygens (including phenoxy) is 1. The van der Waals surface area contributed by atoms with Crippen molar-refractivity contribution in [2.45, 2.75) is 18.0 Å². The molecule has 0 aromatic carbocycles. The highest BCUT2D eigenvalue weighted by atomic mass is 35.5. The van der Waals surface area contributed by atoms with Gasteiger partial charge in [0.1, 0.15) is 5.15 Å². The summed E-state index contributed by atoms with van der Waals surface area (Å²) in [6.07, 6.45) is 4.34. The van der Waals surface area contributed by atoms with Gasteiger partial charge in [0, 0.05) is 18.5 Å². The minimum Gasteiger partial charge on any atom is -0.477 e. The first kappa shape index (κ1) is 12.9. The minimum absolute atomic E-state index is 0.432. The van der Waals surface area contributed by atoms with E-state index < -0.39 is 0 Å². The third-order valence-corrected chi connectivity index (χ3v) is 3.44. The molecule has 17 heavy (non-hydrogen) atoms. The first-order chi connectivity index (χ1) is 8.28. The van der Waals surface area contributed by atoms with E-state index in [1.165, 1.54) is 24.6 Å². The van der Waals surface area contributed by atoms with E-state index in [0.29, 0.717) is 28.7 Å². The predicted octanol–water partition coefficient (Wildman–Crippen LogP) is 2.23. The smallest absolute Gasteiger partial charge is 0.218 e. The van der Waals surface area contributed by atoms with Crippen LogP contribution in [0.1, 0.15) is 12.8 Å². The number of nitrogens with zero attached hydrogens (tertiary/aromatic N) is 2. The maximum Gasteiger partial charge on any atom is 0.218 e. The summed E-state index contributed by atoms with van der Waals surface area (Å²) in [5.41, 5.74) is 0. The highest BCUT2D eigenvalue weighted by Crippen LogP contribution is 2.20. The lowest BCUT2D eigenvalue weighted by atomic mass is 10.0. The molecule has 1 aliphatic heterocycles. The average Bonchev–Trinajstić information content (AvgIpc) is 2.37.